The van der Waals surface area contributed by atoms with E-state index in [1.807, 2.05) is 26.0 Å². The van der Waals surface area contributed by atoms with Gasteiger partial charge < -0.3 is 9.26 Å². The van der Waals surface area contributed by atoms with Crippen LogP contribution in [0.25, 0.3) is 0 Å². The van der Waals surface area contributed by atoms with Crippen LogP contribution in [0.2, 0.25) is 0 Å². The molecule has 2 N–H and O–H groups in total. The van der Waals surface area contributed by atoms with Crippen LogP contribution in [-0.4, -0.2) is 23.6 Å². The molecular formula is C16H19N3O4. The lowest BCUT2D eigenvalue weighted by atomic mass is 10.1. The van der Waals surface area contributed by atoms with Crippen molar-refractivity contribution < 1.29 is 18.8 Å². The maximum atomic E-state index is 11.9. The Morgan fingerprint density at radius 1 is 1.13 bits per heavy atom. The molecule has 0 radical (unpaired) electrons. The molecule has 1 aromatic carbocycles. The summed E-state index contributed by atoms with van der Waals surface area (Å²) in [6.45, 7) is 7.03. The van der Waals surface area contributed by atoms with Crippen LogP contribution in [0, 0.1) is 27.7 Å². The molecule has 7 nitrogen and oxygen atoms in total. The lowest BCUT2D eigenvalue weighted by Gasteiger charge is -2.09. The SMILES string of the molecule is Cc1ccc(OCC(=O)NNC(=O)c2c(C)noc2C)cc1C. The van der Waals surface area contributed by atoms with Crippen LogP contribution in [0.4, 0.5) is 0 Å². The van der Waals surface area contributed by atoms with Gasteiger partial charge in [-0.25, -0.2) is 0 Å². The maximum absolute atomic E-state index is 11.9. The van der Waals surface area contributed by atoms with Gasteiger partial charge in [-0.2, -0.15) is 0 Å². The second-order valence-electron chi connectivity index (χ2n) is 5.24. The number of benzene rings is 1. The summed E-state index contributed by atoms with van der Waals surface area (Å²) in [4.78, 5) is 23.7. The van der Waals surface area contributed by atoms with Gasteiger partial charge in [-0.15, -0.1) is 0 Å². The van der Waals surface area contributed by atoms with E-state index in [9.17, 15) is 9.59 Å². The second kappa shape index (κ2) is 6.95. The normalized spacial score (nSPS) is 10.3. The first-order chi connectivity index (χ1) is 10.9. The Kier molecular flexibility index (Phi) is 5.00. The van der Waals surface area contributed by atoms with Crippen molar-refractivity contribution in [3.05, 3.63) is 46.3 Å². The third-order valence-electron chi connectivity index (χ3n) is 3.42. The highest BCUT2D eigenvalue weighted by molar-refractivity contribution is 5.97. The zero-order valence-corrected chi connectivity index (χ0v) is 13.5. The van der Waals surface area contributed by atoms with Gasteiger partial charge >= 0.3 is 0 Å². The molecular weight excluding hydrogens is 298 g/mol. The van der Waals surface area contributed by atoms with E-state index in [1.165, 1.54) is 0 Å². The molecule has 0 aliphatic heterocycles. The summed E-state index contributed by atoms with van der Waals surface area (Å²) in [5.74, 6) is 0.0325. The number of nitrogens with one attached hydrogen (secondary N) is 2. The van der Waals surface area contributed by atoms with Crippen molar-refractivity contribution in [3.63, 3.8) is 0 Å². The van der Waals surface area contributed by atoms with Crippen LogP contribution >= 0.6 is 0 Å². The fraction of sp³-hybridized carbons (Fsp3) is 0.312. The van der Waals surface area contributed by atoms with Gasteiger partial charge in [0.25, 0.3) is 11.8 Å². The Bertz CT molecular complexity index is 717. The van der Waals surface area contributed by atoms with Gasteiger partial charge in [0.1, 0.15) is 17.1 Å². The third kappa shape index (κ3) is 4.09. The largest absolute Gasteiger partial charge is 0.484 e. The molecule has 0 atom stereocenters. The minimum Gasteiger partial charge on any atom is -0.484 e. The number of carbonyl (C=O) groups excluding carboxylic acids is 2. The van der Waals surface area contributed by atoms with E-state index in [2.05, 4.69) is 16.0 Å². The number of aromatic nitrogens is 1. The lowest BCUT2D eigenvalue weighted by Crippen LogP contribution is -2.44. The molecule has 0 spiro atoms. The minimum absolute atomic E-state index is 0.204. The number of hydrogen-bond acceptors (Lipinski definition) is 5. The topological polar surface area (TPSA) is 93.5 Å². The van der Waals surface area contributed by atoms with E-state index in [4.69, 9.17) is 9.26 Å². The van der Waals surface area contributed by atoms with E-state index in [1.54, 1.807) is 19.9 Å². The molecule has 1 aromatic heterocycles. The summed E-state index contributed by atoms with van der Waals surface area (Å²) in [5, 5.41) is 3.68. The molecule has 0 fully saturated rings. The monoisotopic (exact) mass is 317 g/mol. The molecule has 122 valence electrons. The van der Waals surface area contributed by atoms with Gasteiger partial charge in [0.05, 0.1) is 5.69 Å². The average Bonchev–Trinajstić information content (AvgIpc) is 2.85. The molecule has 0 aliphatic carbocycles. The predicted molar refractivity (Wildman–Crippen MR) is 83.0 cm³/mol. The van der Waals surface area contributed by atoms with Crippen molar-refractivity contribution in [2.24, 2.45) is 0 Å². The number of amides is 2. The summed E-state index contributed by atoms with van der Waals surface area (Å²) in [7, 11) is 0. The first-order valence-corrected chi connectivity index (χ1v) is 7.10. The quantitative estimate of drug-likeness (QED) is 0.838. The maximum Gasteiger partial charge on any atom is 0.276 e. The van der Waals surface area contributed by atoms with Crippen LogP contribution in [0.1, 0.15) is 32.9 Å². The van der Waals surface area contributed by atoms with E-state index in [-0.39, 0.29) is 6.61 Å². The first-order valence-electron chi connectivity index (χ1n) is 7.10. The van der Waals surface area contributed by atoms with Gasteiger partial charge in [-0.1, -0.05) is 11.2 Å². The van der Waals surface area contributed by atoms with Crippen LogP contribution in [0.15, 0.2) is 22.7 Å². The Balaban J connectivity index is 1.83. The number of carbonyl (C=O) groups is 2. The van der Waals surface area contributed by atoms with Crippen molar-refractivity contribution in [1.82, 2.24) is 16.0 Å². The number of nitrogens with zero attached hydrogens (tertiary/aromatic N) is 1. The van der Waals surface area contributed by atoms with Crippen molar-refractivity contribution >= 4 is 11.8 Å². The summed E-state index contributed by atoms with van der Waals surface area (Å²) in [6, 6.07) is 5.56. The second-order valence-corrected chi connectivity index (χ2v) is 5.24. The standard InChI is InChI=1S/C16H19N3O4/c1-9-5-6-13(7-10(9)2)22-8-14(20)17-18-16(21)15-11(3)19-23-12(15)4/h5-7H,8H2,1-4H3,(H,17,20)(H,18,21). The van der Waals surface area contributed by atoms with Crippen molar-refractivity contribution in [2.45, 2.75) is 27.7 Å². The summed E-state index contributed by atoms with van der Waals surface area (Å²) >= 11 is 0. The fourth-order valence-electron chi connectivity index (χ4n) is 1.98. The zero-order chi connectivity index (χ0) is 17.0. The van der Waals surface area contributed by atoms with Gasteiger partial charge in [-0.3, -0.25) is 20.4 Å². The van der Waals surface area contributed by atoms with E-state index in [0.717, 1.165) is 11.1 Å². The van der Waals surface area contributed by atoms with Crippen molar-refractivity contribution in [3.8, 4) is 5.75 Å². The van der Waals surface area contributed by atoms with Crippen LogP contribution < -0.4 is 15.6 Å². The summed E-state index contributed by atoms with van der Waals surface area (Å²) in [5.41, 5.74) is 7.58. The lowest BCUT2D eigenvalue weighted by molar-refractivity contribution is -0.123. The average molecular weight is 317 g/mol. The molecule has 0 unspecified atom stereocenters. The third-order valence-corrected chi connectivity index (χ3v) is 3.42. The number of ether oxygens (including phenoxy) is 1. The van der Waals surface area contributed by atoms with Gasteiger partial charge in [-0.05, 0) is 51.0 Å². The molecule has 7 heteroatoms. The van der Waals surface area contributed by atoms with Crippen molar-refractivity contribution in [1.29, 1.82) is 0 Å². The first kappa shape index (κ1) is 16.5. The highest BCUT2D eigenvalue weighted by Crippen LogP contribution is 2.16. The summed E-state index contributed by atoms with van der Waals surface area (Å²) < 4.78 is 10.3. The van der Waals surface area contributed by atoms with E-state index >= 15 is 0 Å². The van der Waals surface area contributed by atoms with Gasteiger partial charge in [0.2, 0.25) is 0 Å². The van der Waals surface area contributed by atoms with Crippen LogP contribution in [0.3, 0.4) is 0 Å². The molecule has 0 bridgehead atoms. The van der Waals surface area contributed by atoms with Gasteiger partial charge in [0, 0.05) is 0 Å². The van der Waals surface area contributed by atoms with E-state index < -0.39 is 11.8 Å². The Labute approximate surface area is 134 Å². The number of hydrogen-bond donors (Lipinski definition) is 2. The molecule has 2 amide bonds. The molecule has 2 aromatic rings. The highest BCUT2D eigenvalue weighted by atomic mass is 16.5. The van der Waals surface area contributed by atoms with Gasteiger partial charge in [0.15, 0.2) is 6.61 Å². The van der Waals surface area contributed by atoms with Crippen LogP contribution in [-0.2, 0) is 4.79 Å². The molecule has 2 rings (SSSR count). The zero-order valence-electron chi connectivity index (χ0n) is 13.5. The number of rotatable bonds is 4. The van der Waals surface area contributed by atoms with E-state index in [0.29, 0.717) is 22.8 Å². The van der Waals surface area contributed by atoms with Crippen LogP contribution in [0.5, 0.6) is 5.75 Å². The predicted octanol–water partition coefficient (Wildman–Crippen LogP) is 1.75. The molecule has 0 saturated heterocycles. The number of hydrazine groups is 1. The van der Waals surface area contributed by atoms with Crippen molar-refractivity contribution in [2.75, 3.05) is 6.61 Å². The molecule has 0 aliphatic rings. The fourth-order valence-corrected chi connectivity index (χ4v) is 1.98. The minimum atomic E-state index is -0.485. The Morgan fingerprint density at radius 2 is 1.87 bits per heavy atom. The molecule has 23 heavy (non-hydrogen) atoms. The highest BCUT2D eigenvalue weighted by Gasteiger charge is 2.17. The summed E-state index contributed by atoms with van der Waals surface area (Å²) in [6.07, 6.45) is 0. The molecule has 0 saturated carbocycles. The molecule has 1 heterocycles. The smallest absolute Gasteiger partial charge is 0.276 e. The Morgan fingerprint density at radius 3 is 2.48 bits per heavy atom. The number of aryl methyl sites for hydroxylation is 4. The Hall–Kier alpha value is -2.83.